The van der Waals surface area contributed by atoms with Gasteiger partial charge in [0.2, 0.25) is 0 Å². The SMILES string of the molecule is Cn1ncc2c1CCC[C@H]2NC(=O)c1ccc(Cn2cccn2)o1. The lowest BCUT2D eigenvalue weighted by Crippen LogP contribution is -2.30. The fourth-order valence-electron chi connectivity index (χ4n) is 3.22. The van der Waals surface area contributed by atoms with Crippen molar-refractivity contribution in [2.75, 3.05) is 0 Å². The highest BCUT2D eigenvalue weighted by Gasteiger charge is 2.26. The Kier molecular flexibility index (Phi) is 3.68. The third-order valence-corrected chi connectivity index (χ3v) is 4.44. The molecular formula is C17H19N5O2. The van der Waals surface area contributed by atoms with Crippen molar-refractivity contribution in [3.63, 3.8) is 0 Å². The van der Waals surface area contributed by atoms with E-state index in [9.17, 15) is 4.79 Å². The molecule has 0 fully saturated rings. The van der Waals surface area contributed by atoms with Crippen molar-refractivity contribution >= 4 is 5.91 Å². The van der Waals surface area contributed by atoms with Crippen LogP contribution in [0.15, 0.2) is 41.2 Å². The second-order valence-electron chi connectivity index (χ2n) is 6.06. The molecule has 0 unspecified atom stereocenters. The average molecular weight is 325 g/mol. The summed E-state index contributed by atoms with van der Waals surface area (Å²) in [5, 5.41) is 11.5. The standard InChI is InChI=1S/C17H19N5O2/c1-21-15-5-2-4-14(13(15)10-19-21)20-17(23)16-7-6-12(24-16)11-22-9-3-8-18-22/h3,6-10,14H,2,4-5,11H2,1H3,(H,20,23)/t14-/m1/s1. The minimum Gasteiger partial charge on any atom is -0.454 e. The molecule has 0 spiro atoms. The molecule has 0 radical (unpaired) electrons. The Morgan fingerprint density at radius 2 is 2.33 bits per heavy atom. The molecule has 3 aromatic rings. The van der Waals surface area contributed by atoms with Crippen LogP contribution in [0.2, 0.25) is 0 Å². The molecule has 4 rings (SSSR count). The maximum atomic E-state index is 12.5. The number of hydrogen-bond donors (Lipinski definition) is 1. The Labute approximate surface area is 139 Å². The van der Waals surface area contributed by atoms with Gasteiger partial charge < -0.3 is 9.73 Å². The average Bonchev–Trinajstić information content (AvgIpc) is 3.31. The molecule has 1 atom stereocenters. The predicted molar refractivity (Wildman–Crippen MR) is 86.4 cm³/mol. The number of amides is 1. The first-order valence-electron chi connectivity index (χ1n) is 8.08. The van der Waals surface area contributed by atoms with Gasteiger partial charge in [0.25, 0.3) is 5.91 Å². The van der Waals surface area contributed by atoms with Gasteiger partial charge in [0.15, 0.2) is 5.76 Å². The van der Waals surface area contributed by atoms with Gasteiger partial charge in [0, 0.05) is 30.7 Å². The Bertz CT molecular complexity index is 846. The fraction of sp³-hybridized carbons (Fsp3) is 0.353. The maximum absolute atomic E-state index is 12.5. The second-order valence-corrected chi connectivity index (χ2v) is 6.06. The molecular weight excluding hydrogens is 306 g/mol. The quantitative estimate of drug-likeness (QED) is 0.796. The van der Waals surface area contributed by atoms with Gasteiger partial charge >= 0.3 is 0 Å². The lowest BCUT2D eigenvalue weighted by atomic mass is 9.93. The molecule has 1 N–H and O–H groups in total. The third kappa shape index (κ3) is 2.73. The van der Waals surface area contributed by atoms with Gasteiger partial charge in [-0.2, -0.15) is 10.2 Å². The van der Waals surface area contributed by atoms with E-state index in [2.05, 4.69) is 15.5 Å². The summed E-state index contributed by atoms with van der Waals surface area (Å²) in [7, 11) is 1.94. The number of carbonyl (C=O) groups is 1. The summed E-state index contributed by atoms with van der Waals surface area (Å²) >= 11 is 0. The van der Waals surface area contributed by atoms with E-state index in [1.54, 1.807) is 16.9 Å². The molecule has 0 aromatic carbocycles. The number of furan rings is 1. The lowest BCUT2D eigenvalue weighted by molar-refractivity contribution is 0.0902. The smallest absolute Gasteiger partial charge is 0.287 e. The van der Waals surface area contributed by atoms with Crippen LogP contribution in [0.5, 0.6) is 0 Å². The van der Waals surface area contributed by atoms with Crippen LogP contribution < -0.4 is 5.32 Å². The molecule has 7 heteroatoms. The molecule has 1 amide bonds. The van der Waals surface area contributed by atoms with Crippen LogP contribution in [0.4, 0.5) is 0 Å². The van der Waals surface area contributed by atoms with Crippen molar-refractivity contribution in [1.82, 2.24) is 24.9 Å². The first kappa shape index (κ1) is 14.7. The van der Waals surface area contributed by atoms with Crippen molar-refractivity contribution in [3.05, 3.63) is 59.6 Å². The summed E-state index contributed by atoms with van der Waals surface area (Å²) in [6, 6.07) is 5.37. The third-order valence-electron chi connectivity index (χ3n) is 4.44. The van der Waals surface area contributed by atoms with Crippen LogP contribution in [-0.2, 0) is 20.0 Å². The number of nitrogens with zero attached hydrogens (tertiary/aromatic N) is 4. The number of fused-ring (bicyclic) bond motifs is 1. The molecule has 1 aliphatic carbocycles. The van der Waals surface area contributed by atoms with Crippen LogP contribution in [0, 0.1) is 0 Å². The number of aryl methyl sites for hydroxylation is 1. The van der Waals surface area contributed by atoms with Crippen LogP contribution in [0.25, 0.3) is 0 Å². The summed E-state index contributed by atoms with van der Waals surface area (Å²) in [5.41, 5.74) is 2.31. The largest absolute Gasteiger partial charge is 0.454 e. The van der Waals surface area contributed by atoms with Gasteiger partial charge in [0.05, 0.1) is 18.8 Å². The first-order valence-corrected chi connectivity index (χ1v) is 8.08. The van der Waals surface area contributed by atoms with Crippen molar-refractivity contribution in [1.29, 1.82) is 0 Å². The van der Waals surface area contributed by atoms with Crippen LogP contribution in [-0.4, -0.2) is 25.5 Å². The zero-order valence-electron chi connectivity index (χ0n) is 13.5. The number of aromatic nitrogens is 4. The van der Waals surface area contributed by atoms with Crippen molar-refractivity contribution < 1.29 is 9.21 Å². The summed E-state index contributed by atoms with van der Waals surface area (Å²) < 4.78 is 9.30. The minimum atomic E-state index is -0.191. The second kappa shape index (κ2) is 5.99. The number of carbonyl (C=O) groups excluding carboxylic acids is 1. The van der Waals surface area contributed by atoms with Crippen LogP contribution in [0.1, 0.15) is 46.5 Å². The summed E-state index contributed by atoms with van der Waals surface area (Å²) in [5.74, 6) is 0.839. The zero-order chi connectivity index (χ0) is 16.5. The molecule has 124 valence electrons. The topological polar surface area (TPSA) is 77.9 Å². The van der Waals surface area contributed by atoms with Gasteiger partial charge in [-0.05, 0) is 37.5 Å². The van der Waals surface area contributed by atoms with E-state index in [0.717, 1.165) is 24.8 Å². The predicted octanol–water partition coefficient (Wildman–Crippen LogP) is 2.07. The van der Waals surface area contributed by atoms with Crippen molar-refractivity contribution in [3.8, 4) is 0 Å². The molecule has 24 heavy (non-hydrogen) atoms. The Morgan fingerprint density at radius 1 is 1.42 bits per heavy atom. The molecule has 0 saturated heterocycles. The highest BCUT2D eigenvalue weighted by molar-refractivity contribution is 5.91. The molecule has 3 aromatic heterocycles. The number of rotatable bonds is 4. The zero-order valence-corrected chi connectivity index (χ0v) is 13.5. The van der Waals surface area contributed by atoms with E-state index in [-0.39, 0.29) is 11.9 Å². The Balaban J connectivity index is 1.46. The van der Waals surface area contributed by atoms with Gasteiger partial charge in [0.1, 0.15) is 5.76 Å². The highest BCUT2D eigenvalue weighted by Crippen LogP contribution is 2.29. The highest BCUT2D eigenvalue weighted by atomic mass is 16.4. The molecule has 0 aliphatic heterocycles. The van der Waals surface area contributed by atoms with E-state index in [1.807, 2.05) is 36.3 Å². The van der Waals surface area contributed by atoms with E-state index in [0.29, 0.717) is 18.1 Å². The van der Waals surface area contributed by atoms with Crippen LogP contribution in [0.3, 0.4) is 0 Å². The number of nitrogens with one attached hydrogen (secondary N) is 1. The van der Waals surface area contributed by atoms with Crippen LogP contribution >= 0.6 is 0 Å². The maximum Gasteiger partial charge on any atom is 0.287 e. The van der Waals surface area contributed by atoms with Crippen molar-refractivity contribution in [2.24, 2.45) is 7.05 Å². The van der Waals surface area contributed by atoms with E-state index in [4.69, 9.17) is 4.42 Å². The van der Waals surface area contributed by atoms with Gasteiger partial charge in [-0.3, -0.25) is 14.2 Å². The molecule has 3 heterocycles. The normalized spacial score (nSPS) is 16.8. The van der Waals surface area contributed by atoms with Gasteiger partial charge in [-0.1, -0.05) is 0 Å². The molecule has 0 bridgehead atoms. The van der Waals surface area contributed by atoms with E-state index in [1.165, 1.54) is 5.69 Å². The molecule has 7 nitrogen and oxygen atoms in total. The first-order chi connectivity index (χ1) is 11.7. The van der Waals surface area contributed by atoms with Gasteiger partial charge in [-0.15, -0.1) is 0 Å². The summed E-state index contributed by atoms with van der Waals surface area (Å²) in [6.45, 7) is 0.510. The van der Waals surface area contributed by atoms with Crippen molar-refractivity contribution in [2.45, 2.75) is 31.8 Å². The summed E-state index contributed by atoms with van der Waals surface area (Å²) in [6.07, 6.45) is 8.39. The Morgan fingerprint density at radius 3 is 3.17 bits per heavy atom. The minimum absolute atomic E-state index is 0.00499. The summed E-state index contributed by atoms with van der Waals surface area (Å²) in [4.78, 5) is 12.5. The van der Waals surface area contributed by atoms with Gasteiger partial charge in [-0.25, -0.2) is 0 Å². The number of hydrogen-bond acceptors (Lipinski definition) is 4. The Hall–Kier alpha value is -2.83. The lowest BCUT2D eigenvalue weighted by Gasteiger charge is -2.23. The fourth-order valence-corrected chi connectivity index (χ4v) is 3.22. The van der Waals surface area contributed by atoms with E-state index < -0.39 is 0 Å². The monoisotopic (exact) mass is 325 g/mol. The molecule has 1 aliphatic rings. The molecule has 0 saturated carbocycles. The van der Waals surface area contributed by atoms with E-state index >= 15 is 0 Å².